The van der Waals surface area contributed by atoms with Crippen molar-refractivity contribution in [1.29, 1.82) is 0 Å². The number of urea groups is 1. The number of hydrogen-bond donors (Lipinski definition) is 1. The Balaban J connectivity index is 1.58. The number of benzene rings is 1. The topological polar surface area (TPSA) is 84.3 Å². The highest BCUT2D eigenvalue weighted by atomic mass is 16.5. The Bertz CT molecular complexity index is 745. The number of carbonyl (C=O) groups is 2. The van der Waals surface area contributed by atoms with Crippen LogP contribution in [0.4, 0.5) is 10.5 Å². The zero-order chi connectivity index (χ0) is 18.5. The van der Waals surface area contributed by atoms with Gasteiger partial charge in [0, 0.05) is 50.1 Å². The van der Waals surface area contributed by atoms with E-state index in [0.717, 1.165) is 0 Å². The molecule has 2 aromatic rings. The Morgan fingerprint density at radius 2 is 1.62 bits per heavy atom. The third-order valence-corrected chi connectivity index (χ3v) is 4.19. The molecule has 1 fully saturated rings. The molecule has 1 N–H and O–H groups in total. The molecule has 26 heavy (non-hydrogen) atoms. The minimum Gasteiger partial charge on any atom is -0.497 e. The number of piperazine rings is 1. The van der Waals surface area contributed by atoms with Gasteiger partial charge >= 0.3 is 6.03 Å². The Kier molecular flexibility index (Phi) is 5.31. The van der Waals surface area contributed by atoms with Crippen LogP contribution in [0.5, 0.6) is 11.5 Å². The van der Waals surface area contributed by atoms with E-state index in [1.54, 1.807) is 54.4 Å². The SMILES string of the molecule is COc1cc(NC(=O)N2CCN(C(=O)c3ccco3)CC2)cc(OC)c1. The predicted octanol–water partition coefficient (Wildman–Crippen LogP) is 2.29. The van der Waals surface area contributed by atoms with Crippen LogP contribution in [-0.2, 0) is 0 Å². The molecule has 0 atom stereocenters. The minimum atomic E-state index is -0.231. The Morgan fingerprint density at radius 3 is 2.15 bits per heavy atom. The lowest BCUT2D eigenvalue weighted by Gasteiger charge is -2.34. The number of rotatable bonds is 4. The molecule has 0 spiro atoms. The molecule has 0 bridgehead atoms. The van der Waals surface area contributed by atoms with E-state index < -0.39 is 0 Å². The summed E-state index contributed by atoms with van der Waals surface area (Å²) in [7, 11) is 3.10. The van der Waals surface area contributed by atoms with Crippen LogP contribution in [-0.4, -0.2) is 62.1 Å². The van der Waals surface area contributed by atoms with Crippen molar-refractivity contribution in [2.75, 3.05) is 45.7 Å². The van der Waals surface area contributed by atoms with Gasteiger partial charge in [0.05, 0.1) is 20.5 Å². The molecule has 0 saturated carbocycles. The van der Waals surface area contributed by atoms with Gasteiger partial charge in [-0.1, -0.05) is 0 Å². The van der Waals surface area contributed by atoms with Crippen LogP contribution in [0.25, 0.3) is 0 Å². The number of anilines is 1. The molecule has 3 amide bonds. The van der Waals surface area contributed by atoms with Crippen LogP contribution in [0.1, 0.15) is 10.6 Å². The third-order valence-electron chi connectivity index (χ3n) is 4.19. The number of ether oxygens (including phenoxy) is 2. The summed E-state index contributed by atoms with van der Waals surface area (Å²) in [6.45, 7) is 1.79. The fourth-order valence-electron chi connectivity index (χ4n) is 2.75. The maximum Gasteiger partial charge on any atom is 0.321 e. The molecule has 138 valence electrons. The molecule has 8 nitrogen and oxygen atoms in total. The fraction of sp³-hybridized carbons (Fsp3) is 0.333. The quantitative estimate of drug-likeness (QED) is 0.905. The van der Waals surface area contributed by atoms with Crippen LogP contribution >= 0.6 is 0 Å². The molecule has 0 radical (unpaired) electrons. The van der Waals surface area contributed by atoms with Gasteiger partial charge in [0.25, 0.3) is 5.91 Å². The second kappa shape index (κ2) is 7.81. The van der Waals surface area contributed by atoms with E-state index in [0.29, 0.717) is 49.1 Å². The number of nitrogens with zero attached hydrogens (tertiary/aromatic N) is 2. The number of nitrogens with one attached hydrogen (secondary N) is 1. The Labute approximate surface area is 151 Å². The standard InChI is InChI=1S/C18H21N3O5/c1-24-14-10-13(11-15(12-14)25-2)19-18(23)21-7-5-20(6-8-21)17(22)16-4-3-9-26-16/h3-4,9-12H,5-8H2,1-2H3,(H,19,23). The molecule has 0 unspecified atom stereocenters. The highest BCUT2D eigenvalue weighted by Gasteiger charge is 2.26. The van der Waals surface area contributed by atoms with Crippen molar-refractivity contribution in [1.82, 2.24) is 9.80 Å². The summed E-state index contributed by atoms with van der Waals surface area (Å²) in [6, 6.07) is 8.25. The van der Waals surface area contributed by atoms with Gasteiger partial charge in [0.2, 0.25) is 0 Å². The summed E-state index contributed by atoms with van der Waals surface area (Å²) in [6.07, 6.45) is 1.47. The molecule has 1 aromatic heterocycles. The average Bonchev–Trinajstić information content (AvgIpc) is 3.22. The first-order valence-corrected chi connectivity index (χ1v) is 8.22. The molecule has 3 rings (SSSR count). The summed E-state index contributed by atoms with van der Waals surface area (Å²) in [4.78, 5) is 28.1. The van der Waals surface area contributed by atoms with Crippen molar-refractivity contribution in [3.63, 3.8) is 0 Å². The van der Waals surface area contributed by atoms with Crippen LogP contribution in [0, 0.1) is 0 Å². The Morgan fingerprint density at radius 1 is 1.00 bits per heavy atom. The average molecular weight is 359 g/mol. The van der Waals surface area contributed by atoms with Crippen LogP contribution in [0.15, 0.2) is 41.0 Å². The molecule has 2 heterocycles. The number of methoxy groups -OCH3 is 2. The molecule has 1 aromatic carbocycles. The predicted molar refractivity (Wildman–Crippen MR) is 94.7 cm³/mol. The molecule has 1 aliphatic rings. The largest absolute Gasteiger partial charge is 0.497 e. The lowest BCUT2D eigenvalue weighted by molar-refractivity contribution is 0.0640. The second-order valence-electron chi connectivity index (χ2n) is 5.79. The normalized spacial score (nSPS) is 14.1. The summed E-state index contributed by atoms with van der Waals surface area (Å²) in [5.41, 5.74) is 0.584. The smallest absolute Gasteiger partial charge is 0.321 e. The first kappa shape index (κ1) is 17.7. The number of hydrogen-bond acceptors (Lipinski definition) is 5. The molecule has 8 heteroatoms. The Hall–Kier alpha value is -3.16. The summed E-state index contributed by atoms with van der Waals surface area (Å²) in [5.74, 6) is 1.33. The van der Waals surface area contributed by atoms with Crippen LogP contribution in [0.3, 0.4) is 0 Å². The van der Waals surface area contributed by atoms with E-state index in [1.165, 1.54) is 6.26 Å². The summed E-state index contributed by atoms with van der Waals surface area (Å²) in [5, 5.41) is 2.84. The molecule has 0 aliphatic carbocycles. The number of carbonyl (C=O) groups excluding carboxylic acids is 2. The van der Waals surface area contributed by atoms with Crippen molar-refractivity contribution in [2.24, 2.45) is 0 Å². The fourth-order valence-corrected chi connectivity index (χ4v) is 2.75. The van der Waals surface area contributed by atoms with Gasteiger partial charge in [-0.2, -0.15) is 0 Å². The summed E-state index contributed by atoms with van der Waals surface area (Å²) >= 11 is 0. The minimum absolute atomic E-state index is 0.160. The van der Waals surface area contributed by atoms with Gasteiger partial charge in [0.15, 0.2) is 5.76 Å². The molecular weight excluding hydrogens is 338 g/mol. The van der Waals surface area contributed by atoms with E-state index in [1.807, 2.05) is 0 Å². The highest BCUT2D eigenvalue weighted by Crippen LogP contribution is 2.26. The van der Waals surface area contributed by atoms with E-state index in [9.17, 15) is 9.59 Å². The van der Waals surface area contributed by atoms with Crippen molar-refractivity contribution >= 4 is 17.6 Å². The zero-order valence-corrected chi connectivity index (χ0v) is 14.7. The second-order valence-corrected chi connectivity index (χ2v) is 5.79. The number of amides is 3. The monoisotopic (exact) mass is 359 g/mol. The van der Waals surface area contributed by atoms with Crippen molar-refractivity contribution < 1.29 is 23.5 Å². The van der Waals surface area contributed by atoms with E-state index in [-0.39, 0.29) is 11.9 Å². The third kappa shape index (κ3) is 3.90. The maximum absolute atomic E-state index is 12.5. The zero-order valence-electron chi connectivity index (χ0n) is 14.7. The first-order chi connectivity index (χ1) is 12.6. The van der Waals surface area contributed by atoms with Crippen LogP contribution < -0.4 is 14.8 Å². The number of furan rings is 1. The van der Waals surface area contributed by atoms with Gasteiger partial charge < -0.3 is 29.0 Å². The van der Waals surface area contributed by atoms with Crippen molar-refractivity contribution in [3.8, 4) is 11.5 Å². The molecule has 1 aliphatic heterocycles. The van der Waals surface area contributed by atoms with Crippen molar-refractivity contribution in [3.05, 3.63) is 42.4 Å². The molecular formula is C18H21N3O5. The van der Waals surface area contributed by atoms with Crippen molar-refractivity contribution in [2.45, 2.75) is 0 Å². The van der Waals surface area contributed by atoms with Gasteiger partial charge in [-0.3, -0.25) is 4.79 Å². The first-order valence-electron chi connectivity index (χ1n) is 8.22. The lowest BCUT2D eigenvalue weighted by atomic mass is 10.2. The maximum atomic E-state index is 12.5. The van der Waals surface area contributed by atoms with Gasteiger partial charge in [0.1, 0.15) is 11.5 Å². The summed E-state index contributed by atoms with van der Waals surface area (Å²) < 4.78 is 15.5. The van der Waals surface area contributed by atoms with Gasteiger partial charge in [-0.25, -0.2) is 4.79 Å². The van der Waals surface area contributed by atoms with E-state index in [4.69, 9.17) is 13.9 Å². The van der Waals surface area contributed by atoms with Gasteiger partial charge in [-0.15, -0.1) is 0 Å². The molecule has 1 saturated heterocycles. The lowest BCUT2D eigenvalue weighted by Crippen LogP contribution is -2.51. The van der Waals surface area contributed by atoms with E-state index >= 15 is 0 Å². The van der Waals surface area contributed by atoms with Gasteiger partial charge in [-0.05, 0) is 12.1 Å². The highest BCUT2D eigenvalue weighted by molar-refractivity contribution is 5.92. The van der Waals surface area contributed by atoms with E-state index in [2.05, 4.69) is 5.32 Å². The van der Waals surface area contributed by atoms with Crippen LogP contribution in [0.2, 0.25) is 0 Å².